The van der Waals surface area contributed by atoms with Crippen molar-refractivity contribution in [1.82, 2.24) is 5.32 Å². The molecular weight excluding hydrogens is 186 g/mol. The van der Waals surface area contributed by atoms with E-state index in [1.54, 1.807) is 0 Å². The van der Waals surface area contributed by atoms with Crippen LogP contribution in [0.25, 0.3) is 0 Å². The Morgan fingerprint density at radius 2 is 2.00 bits per heavy atom. The Labute approximate surface area is 92.8 Å². The first-order valence-corrected chi connectivity index (χ1v) is 6.41. The summed E-state index contributed by atoms with van der Waals surface area (Å²) in [6, 6.07) is 0.596. The summed E-state index contributed by atoms with van der Waals surface area (Å²) < 4.78 is 0. The fourth-order valence-electron chi connectivity index (χ4n) is 2.91. The molecule has 3 atom stereocenters. The van der Waals surface area contributed by atoms with Crippen molar-refractivity contribution in [3.63, 3.8) is 0 Å². The maximum absolute atomic E-state index is 9.23. The molecule has 0 aromatic heterocycles. The van der Waals surface area contributed by atoms with Crippen molar-refractivity contribution in [2.24, 2.45) is 11.8 Å². The van der Waals surface area contributed by atoms with Gasteiger partial charge in [0.2, 0.25) is 0 Å². The Kier molecular flexibility index (Phi) is 4.21. The lowest BCUT2D eigenvalue weighted by Crippen LogP contribution is -2.34. The number of hydrogen-bond donors (Lipinski definition) is 2. The van der Waals surface area contributed by atoms with E-state index >= 15 is 0 Å². The molecule has 86 valence electrons. The lowest BCUT2D eigenvalue weighted by atomic mass is 9.95. The van der Waals surface area contributed by atoms with Crippen LogP contribution in [-0.4, -0.2) is 24.3 Å². The normalized spacial score (nSPS) is 35.9. The highest BCUT2D eigenvalue weighted by atomic mass is 16.3. The highest BCUT2D eigenvalue weighted by Crippen LogP contribution is 2.30. The van der Waals surface area contributed by atoms with Gasteiger partial charge in [-0.3, -0.25) is 0 Å². The largest absolute Gasteiger partial charge is 0.396 e. The fourth-order valence-corrected chi connectivity index (χ4v) is 2.91. The van der Waals surface area contributed by atoms with Crippen LogP contribution in [0.4, 0.5) is 0 Å². The van der Waals surface area contributed by atoms with Gasteiger partial charge in [-0.1, -0.05) is 18.6 Å². The molecule has 3 unspecified atom stereocenters. The monoisotopic (exact) mass is 209 g/mol. The first kappa shape index (κ1) is 11.2. The van der Waals surface area contributed by atoms with E-state index in [4.69, 9.17) is 0 Å². The summed E-state index contributed by atoms with van der Waals surface area (Å²) in [6.45, 7) is 1.48. The summed E-state index contributed by atoms with van der Waals surface area (Å²) in [5.74, 6) is 1.27. The van der Waals surface area contributed by atoms with Crippen molar-refractivity contribution in [3.05, 3.63) is 12.2 Å². The van der Waals surface area contributed by atoms with E-state index in [9.17, 15) is 5.11 Å². The second-order valence-electron chi connectivity index (χ2n) is 5.01. The number of rotatable bonds is 4. The van der Waals surface area contributed by atoms with Crippen molar-refractivity contribution in [3.8, 4) is 0 Å². The van der Waals surface area contributed by atoms with E-state index in [0.29, 0.717) is 24.5 Å². The molecule has 0 radical (unpaired) electrons. The van der Waals surface area contributed by atoms with Gasteiger partial charge in [0, 0.05) is 12.6 Å². The third-order valence-electron chi connectivity index (χ3n) is 3.95. The molecule has 0 aromatic carbocycles. The average molecular weight is 209 g/mol. The van der Waals surface area contributed by atoms with Crippen LogP contribution in [0.2, 0.25) is 0 Å². The number of allylic oxidation sites excluding steroid dienone is 1. The van der Waals surface area contributed by atoms with Crippen LogP contribution >= 0.6 is 0 Å². The van der Waals surface area contributed by atoms with Gasteiger partial charge < -0.3 is 10.4 Å². The minimum absolute atomic E-state index is 0.382. The van der Waals surface area contributed by atoms with Crippen molar-refractivity contribution in [1.29, 1.82) is 0 Å². The van der Waals surface area contributed by atoms with Gasteiger partial charge in [0.15, 0.2) is 0 Å². The maximum atomic E-state index is 9.23. The predicted molar refractivity (Wildman–Crippen MR) is 62.7 cm³/mol. The first-order valence-electron chi connectivity index (χ1n) is 6.41. The molecule has 0 heterocycles. The molecule has 2 aliphatic rings. The molecule has 0 bridgehead atoms. The molecule has 15 heavy (non-hydrogen) atoms. The lowest BCUT2D eigenvalue weighted by molar-refractivity contribution is 0.191. The third-order valence-corrected chi connectivity index (χ3v) is 3.95. The molecule has 1 saturated carbocycles. The molecule has 0 spiro atoms. The van der Waals surface area contributed by atoms with Crippen molar-refractivity contribution < 1.29 is 5.11 Å². The summed E-state index contributed by atoms with van der Waals surface area (Å²) in [6.07, 6.45) is 12.3. The van der Waals surface area contributed by atoms with E-state index in [-0.39, 0.29) is 0 Å². The van der Waals surface area contributed by atoms with Crippen LogP contribution in [0, 0.1) is 11.8 Å². The highest BCUT2D eigenvalue weighted by molar-refractivity contribution is 4.97. The summed E-state index contributed by atoms with van der Waals surface area (Å²) in [5, 5.41) is 12.9. The van der Waals surface area contributed by atoms with Crippen LogP contribution in [-0.2, 0) is 0 Å². The van der Waals surface area contributed by atoms with E-state index in [1.165, 1.54) is 38.5 Å². The molecule has 2 N–H and O–H groups in total. The SMILES string of the molecule is OCC1CCCC1CNC1C=CCCC1. The van der Waals surface area contributed by atoms with Crippen LogP contribution in [0.3, 0.4) is 0 Å². The highest BCUT2D eigenvalue weighted by Gasteiger charge is 2.26. The standard InChI is InChI=1S/C13H23NO/c15-10-12-6-4-5-11(12)9-14-13-7-2-1-3-8-13/h2,7,11-15H,1,3-6,8-10H2. The van der Waals surface area contributed by atoms with Crippen molar-refractivity contribution in [2.45, 2.75) is 44.6 Å². The predicted octanol–water partition coefficient (Wildman–Crippen LogP) is 2.09. The number of aliphatic hydroxyl groups is 1. The van der Waals surface area contributed by atoms with Gasteiger partial charge in [-0.25, -0.2) is 0 Å². The number of aliphatic hydroxyl groups excluding tert-OH is 1. The minimum Gasteiger partial charge on any atom is -0.396 e. The Balaban J connectivity index is 1.72. The van der Waals surface area contributed by atoms with Gasteiger partial charge >= 0.3 is 0 Å². The van der Waals surface area contributed by atoms with Crippen LogP contribution < -0.4 is 5.32 Å². The van der Waals surface area contributed by atoms with Crippen molar-refractivity contribution in [2.75, 3.05) is 13.2 Å². The van der Waals surface area contributed by atoms with Crippen LogP contribution in [0.5, 0.6) is 0 Å². The van der Waals surface area contributed by atoms with Gasteiger partial charge in [-0.2, -0.15) is 0 Å². The summed E-state index contributed by atoms with van der Waals surface area (Å²) in [4.78, 5) is 0. The molecular formula is C13H23NO. The Morgan fingerprint density at radius 3 is 2.73 bits per heavy atom. The minimum atomic E-state index is 0.382. The van der Waals surface area contributed by atoms with Gasteiger partial charge in [0.1, 0.15) is 0 Å². The smallest absolute Gasteiger partial charge is 0.0462 e. The summed E-state index contributed by atoms with van der Waals surface area (Å²) >= 11 is 0. The maximum Gasteiger partial charge on any atom is 0.0462 e. The third kappa shape index (κ3) is 3.05. The summed E-state index contributed by atoms with van der Waals surface area (Å²) in [5.41, 5.74) is 0. The molecule has 2 rings (SSSR count). The Hall–Kier alpha value is -0.340. The molecule has 0 aliphatic heterocycles. The zero-order valence-corrected chi connectivity index (χ0v) is 9.49. The molecule has 0 amide bonds. The number of hydrogen-bond acceptors (Lipinski definition) is 2. The van der Waals surface area contributed by atoms with E-state index < -0.39 is 0 Å². The zero-order valence-electron chi connectivity index (χ0n) is 9.49. The van der Waals surface area contributed by atoms with Gasteiger partial charge in [0.25, 0.3) is 0 Å². The van der Waals surface area contributed by atoms with E-state index in [2.05, 4.69) is 17.5 Å². The Morgan fingerprint density at radius 1 is 1.13 bits per heavy atom. The molecule has 2 heteroatoms. The molecule has 0 saturated heterocycles. The topological polar surface area (TPSA) is 32.3 Å². The van der Waals surface area contributed by atoms with Gasteiger partial charge in [-0.15, -0.1) is 0 Å². The van der Waals surface area contributed by atoms with E-state index in [1.807, 2.05) is 0 Å². The first-order chi connectivity index (χ1) is 7.40. The van der Waals surface area contributed by atoms with E-state index in [0.717, 1.165) is 6.54 Å². The summed E-state index contributed by atoms with van der Waals surface area (Å²) in [7, 11) is 0. The van der Waals surface area contributed by atoms with Crippen LogP contribution in [0.15, 0.2) is 12.2 Å². The van der Waals surface area contributed by atoms with Crippen molar-refractivity contribution >= 4 is 0 Å². The molecule has 1 fully saturated rings. The number of nitrogens with one attached hydrogen (secondary N) is 1. The molecule has 2 aliphatic carbocycles. The second-order valence-corrected chi connectivity index (χ2v) is 5.01. The fraction of sp³-hybridized carbons (Fsp3) is 0.846. The second kappa shape index (κ2) is 5.66. The molecule has 0 aromatic rings. The average Bonchev–Trinajstić information content (AvgIpc) is 2.75. The van der Waals surface area contributed by atoms with Gasteiger partial charge in [0.05, 0.1) is 0 Å². The van der Waals surface area contributed by atoms with Crippen LogP contribution in [0.1, 0.15) is 38.5 Å². The quantitative estimate of drug-likeness (QED) is 0.695. The van der Waals surface area contributed by atoms with Gasteiger partial charge in [-0.05, 0) is 50.5 Å². The molecule has 2 nitrogen and oxygen atoms in total. The zero-order chi connectivity index (χ0) is 10.5. The Bertz CT molecular complexity index is 215. The lowest BCUT2D eigenvalue weighted by Gasteiger charge is -2.23.